The maximum absolute atomic E-state index is 11.0. The fourth-order valence-electron chi connectivity index (χ4n) is 1.68. The van der Waals surface area contributed by atoms with Gasteiger partial charge in [-0.05, 0) is 25.7 Å². The number of allylic oxidation sites excluding steroid dienone is 2. The minimum Gasteiger partial charge on any atom is -0.343 e. The van der Waals surface area contributed by atoms with Crippen molar-refractivity contribution in [3.05, 3.63) is 12.2 Å². The summed E-state index contributed by atoms with van der Waals surface area (Å²) in [6, 6.07) is 0. The van der Waals surface area contributed by atoms with Gasteiger partial charge in [0, 0.05) is 20.0 Å². The molecule has 12 heavy (non-hydrogen) atoms. The van der Waals surface area contributed by atoms with E-state index in [2.05, 4.69) is 19.1 Å². The van der Waals surface area contributed by atoms with E-state index in [-0.39, 0.29) is 5.91 Å². The molecule has 2 nitrogen and oxygen atoms in total. The molecule has 0 unspecified atom stereocenters. The maximum atomic E-state index is 11.0. The lowest BCUT2D eigenvalue weighted by Gasteiger charge is -2.29. The van der Waals surface area contributed by atoms with Crippen LogP contribution in [0.3, 0.4) is 0 Å². The molecule has 0 saturated carbocycles. The van der Waals surface area contributed by atoms with Gasteiger partial charge in [-0.15, -0.1) is 0 Å². The first-order valence-corrected chi connectivity index (χ1v) is 4.62. The van der Waals surface area contributed by atoms with Gasteiger partial charge in [0.05, 0.1) is 0 Å². The van der Waals surface area contributed by atoms with E-state index in [0.717, 1.165) is 25.9 Å². The largest absolute Gasteiger partial charge is 0.343 e. The van der Waals surface area contributed by atoms with Crippen molar-refractivity contribution in [1.82, 2.24) is 4.90 Å². The standard InChI is InChI=1S/C10H17NO/c1-3-4-10-5-7-11(8-6-10)9(2)12/h3-4,10H,5-8H2,1-2H3/b4-3-. The molecule has 0 bridgehead atoms. The molecule has 0 N–H and O–H groups in total. The average Bonchev–Trinajstić information content (AvgIpc) is 2.06. The Kier molecular flexibility index (Phi) is 3.32. The van der Waals surface area contributed by atoms with Crippen molar-refractivity contribution in [3.63, 3.8) is 0 Å². The summed E-state index contributed by atoms with van der Waals surface area (Å²) in [6.45, 7) is 5.57. The minimum absolute atomic E-state index is 0.217. The van der Waals surface area contributed by atoms with E-state index < -0.39 is 0 Å². The Morgan fingerprint density at radius 2 is 2.00 bits per heavy atom. The minimum atomic E-state index is 0.217. The molecular formula is C10H17NO. The van der Waals surface area contributed by atoms with Gasteiger partial charge in [0.2, 0.25) is 5.91 Å². The Hall–Kier alpha value is -0.790. The zero-order valence-electron chi connectivity index (χ0n) is 7.92. The number of carbonyl (C=O) groups is 1. The van der Waals surface area contributed by atoms with Gasteiger partial charge in [-0.3, -0.25) is 4.79 Å². The van der Waals surface area contributed by atoms with Gasteiger partial charge < -0.3 is 4.90 Å². The molecule has 1 aliphatic heterocycles. The highest BCUT2D eigenvalue weighted by Crippen LogP contribution is 2.17. The van der Waals surface area contributed by atoms with Crippen LogP contribution in [0.15, 0.2) is 12.2 Å². The highest BCUT2D eigenvalue weighted by atomic mass is 16.2. The van der Waals surface area contributed by atoms with Crippen molar-refractivity contribution >= 4 is 5.91 Å². The summed E-state index contributed by atoms with van der Waals surface area (Å²) in [5.74, 6) is 0.916. The summed E-state index contributed by atoms with van der Waals surface area (Å²) < 4.78 is 0. The molecule has 0 aliphatic carbocycles. The lowest BCUT2D eigenvalue weighted by Crippen LogP contribution is -2.36. The van der Waals surface area contributed by atoms with Crippen LogP contribution in [-0.2, 0) is 4.79 Å². The zero-order chi connectivity index (χ0) is 8.97. The summed E-state index contributed by atoms with van der Waals surface area (Å²) in [4.78, 5) is 12.9. The van der Waals surface area contributed by atoms with Gasteiger partial charge in [-0.2, -0.15) is 0 Å². The molecule has 1 rings (SSSR count). The summed E-state index contributed by atoms with van der Waals surface area (Å²) in [6.07, 6.45) is 6.61. The molecule has 1 fully saturated rings. The Morgan fingerprint density at radius 3 is 2.42 bits per heavy atom. The highest BCUT2D eigenvalue weighted by molar-refractivity contribution is 5.73. The van der Waals surface area contributed by atoms with Gasteiger partial charge in [-0.25, -0.2) is 0 Å². The van der Waals surface area contributed by atoms with Crippen LogP contribution >= 0.6 is 0 Å². The summed E-state index contributed by atoms with van der Waals surface area (Å²) in [5, 5.41) is 0. The molecule has 0 spiro atoms. The summed E-state index contributed by atoms with van der Waals surface area (Å²) in [5.41, 5.74) is 0. The normalized spacial score (nSPS) is 20.3. The number of carbonyl (C=O) groups excluding carboxylic acids is 1. The van der Waals surface area contributed by atoms with Crippen molar-refractivity contribution in [2.75, 3.05) is 13.1 Å². The second-order valence-corrected chi connectivity index (χ2v) is 3.37. The van der Waals surface area contributed by atoms with Crippen LogP contribution in [0.2, 0.25) is 0 Å². The first kappa shape index (κ1) is 9.30. The highest BCUT2D eigenvalue weighted by Gasteiger charge is 2.17. The molecule has 0 radical (unpaired) electrons. The number of likely N-dealkylation sites (tertiary alicyclic amines) is 1. The zero-order valence-corrected chi connectivity index (χ0v) is 7.92. The van der Waals surface area contributed by atoms with E-state index in [1.165, 1.54) is 0 Å². The van der Waals surface area contributed by atoms with E-state index in [9.17, 15) is 4.79 Å². The number of rotatable bonds is 1. The molecule has 0 aromatic rings. The lowest BCUT2D eigenvalue weighted by atomic mass is 9.96. The third-order valence-electron chi connectivity index (χ3n) is 2.45. The Labute approximate surface area is 74.2 Å². The molecule has 0 aromatic carbocycles. The Balaban J connectivity index is 2.34. The second-order valence-electron chi connectivity index (χ2n) is 3.37. The number of nitrogens with zero attached hydrogens (tertiary/aromatic N) is 1. The van der Waals surface area contributed by atoms with Crippen molar-refractivity contribution < 1.29 is 4.79 Å². The van der Waals surface area contributed by atoms with Crippen LogP contribution < -0.4 is 0 Å². The number of hydrogen-bond donors (Lipinski definition) is 0. The molecule has 1 aliphatic rings. The first-order valence-electron chi connectivity index (χ1n) is 4.62. The summed E-state index contributed by atoms with van der Waals surface area (Å²) in [7, 11) is 0. The van der Waals surface area contributed by atoms with Gasteiger partial charge in [0.1, 0.15) is 0 Å². The third kappa shape index (κ3) is 2.36. The van der Waals surface area contributed by atoms with E-state index in [1.54, 1.807) is 6.92 Å². The lowest BCUT2D eigenvalue weighted by molar-refractivity contribution is -0.129. The van der Waals surface area contributed by atoms with Crippen LogP contribution in [0.1, 0.15) is 26.7 Å². The Morgan fingerprint density at radius 1 is 1.42 bits per heavy atom. The van der Waals surface area contributed by atoms with E-state index in [4.69, 9.17) is 0 Å². The molecule has 0 atom stereocenters. The molecule has 0 aromatic heterocycles. The topological polar surface area (TPSA) is 20.3 Å². The van der Waals surface area contributed by atoms with Crippen LogP contribution in [0.4, 0.5) is 0 Å². The van der Waals surface area contributed by atoms with Crippen molar-refractivity contribution in [3.8, 4) is 0 Å². The SMILES string of the molecule is C/C=C\C1CCN(C(C)=O)CC1. The molecule has 1 amide bonds. The number of piperidine rings is 1. The number of amides is 1. The fraction of sp³-hybridized carbons (Fsp3) is 0.700. The van der Waals surface area contributed by atoms with Crippen molar-refractivity contribution in [2.45, 2.75) is 26.7 Å². The van der Waals surface area contributed by atoms with Gasteiger partial charge >= 0.3 is 0 Å². The van der Waals surface area contributed by atoms with Crippen LogP contribution in [0.25, 0.3) is 0 Å². The molecule has 1 heterocycles. The van der Waals surface area contributed by atoms with Gasteiger partial charge in [0.25, 0.3) is 0 Å². The van der Waals surface area contributed by atoms with E-state index in [0.29, 0.717) is 5.92 Å². The first-order chi connectivity index (χ1) is 5.74. The van der Waals surface area contributed by atoms with Gasteiger partial charge in [0.15, 0.2) is 0 Å². The quantitative estimate of drug-likeness (QED) is 0.545. The number of hydrogen-bond acceptors (Lipinski definition) is 1. The van der Waals surface area contributed by atoms with Crippen LogP contribution in [0, 0.1) is 5.92 Å². The van der Waals surface area contributed by atoms with Crippen molar-refractivity contribution in [1.29, 1.82) is 0 Å². The van der Waals surface area contributed by atoms with E-state index >= 15 is 0 Å². The fourth-order valence-corrected chi connectivity index (χ4v) is 1.68. The van der Waals surface area contributed by atoms with Gasteiger partial charge in [-0.1, -0.05) is 12.2 Å². The predicted molar refractivity (Wildman–Crippen MR) is 49.8 cm³/mol. The molecule has 68 valence electrons. The second kappa shape index (κ2) is 4.29. The maximum Gasteiger partial charge on any atom is 0.219 e. The summed E-state index contributed by atoms with van der Waals surface area (Å²) >= 11 is 0. The predicted octanol–water partition coefficient (Wildman–Crippen LogP) is 1.82. The third-order valence-corrected chi connectivity index (χ3v) is 2.45. The van der Waals surface area contributed by atoms with Crippen molar-refractivity contribution in [2.24, 2.45) is 5.92 Å². The molecule has 1 saturated heterocycles. The molecular weight excluding hydrogens is 150 g/mol. The van der Waals surface area contributed by atoms with Crippen LogP contribution in [-0.4, -0.2) is 23.9 Å². The average molecular weight is 167 g/mol. The Bertz CT molecular complexity index is 178. The molecule has 2 heteroatoms. The van der Waals surface area contributed by atoms with Crippen LogP contribution in [0.5, 0.6) is 0 Å². The monoisotopic (exact) mass is 167 g/mol. The smallest absolute Gasteiger partial charge is 0.219 e. The van der Waals surface area contributed by atoms with E-state index in [1.807, 2.05) is 4.90 Å².